The molecule has 0 bridgehead atoms. The largest absolute Gasteiger partial charge is 0.356 e. The molecule has 0 spiro atoms. The summed E-state index contributed by atoms with van der Waals surface area (Å²) in [6, 6.07) is 1.69. The smallest absolute Gasteiger partial charge is 0.270 e. The summed E-state index contributed by atoms with van der Waals surface area (Å²) in [5, 5.41) is 0.573. The van der Waals surface area contributed by atoms with Crippen LogP contribution in [0, 0.1) is 12.8 Å². The maximum absolute atomic E-state index is 12.4. The molecule has 1 fully saturated rings. The monoisotopic (exact) mass is 352 g/mol. The molecule has 0 saturated carbocycles. The van der Waals surface area contributed by atoms with Crippen molar-refractivity contribution in [3.8, 4) is 0 Å². The SMILES string of the molecule is Cc1ncsc1CN(C)C[C@H]1CCN(C(=O)c2cc(Cl)c[nH]2)C1. The Morgan fingerprint density at radius 3 is 3.09 bits per heavy atom. The molecule has 5 nitrogen and oxygen atoms in total. The van der Waals surface area contributed by atoms with E-state index in [-0.39, 0.29) is 5.91 Å². The summed E-state index contributed by atoms with van der Waals surface area (Å²) in [7, 11) is 2.13. The van der Waals surface area contributed by atoms with Crippen LogP contribution < -0.4 is 0 Å². The van der Waals surface area contributed by atoms with Crippen molar-refractivity contribution >= 4 is 28.8 Å². The number of likely N-dealkylation sites (tertiary alicyclic amines) is 1. The minimum atomic E-state index is 0.0420. The highest BCUT2D eigenvalue weighted by atomic mass is 35.5. The predicted molar refractivity (Wildman–Crippen MR) is 93.0 cm³/mol. The first-order valence-electron chi connectivity index (χ1n) is 7.73. The number of H-pyrrole nitrogens is 1. The lowest BCUT2D eigenvalue weighted by molar-refractivity contribution is 0.0779. The molecule has 1 atom stereocenters. The molecule has 0 aliphatic carbocycles. The molecular weight excluding hydrogens is 332 g/mol. The number of rotatable bonds is 5. The fourth-order valence-electron chi connectivity index (χ4n) is 3.06. The summed E-state index contributed by atoms with van der Waals surface area (Å²) < 4.78 is 0. The first-order valence-corrected chi connectivity index (χ1v) is 8.99. The van der Waals surface area contributed by atoms with E-state index in [9.17, 15) is 4.79 Å². The fourth-order valence-corrected chi connectivity index (χ4v) is 4.08. The molecule has 0 aromatic carbocycles. The van der Waals surface area contributed by atoms with Crippen LogP contribution >= 0.6 is 22.9 Å². The minimum Gasteiger partial charge on any atom is -0.356 e. The molecule has 2 aromatic rings. The maximum atomic E-state index is 12.4. The average Bonchev–Trinajstić information content (AvgIpc) is 3.22. The highest BCUT2D eigenvalue weighted by molar-refractivity contribution is 7.09. The summed E-state index contributed by atoms with van der Waals surface area (Å²) in [5.41, 5.74) is 3.59. The number of thiazole rings is 1. The molecule has 1 amide bonds. The Morgan fingerprint density at radius 1 is 1.61 bits per heavy atom. The van der Waals surface area contributed by atoms with Gasteiger partial charge in [0.1, 0.15) is 5.69 Å². The Labute approximate surface area is 145 Å². The summed E-state index contributed by atoms with van der Waals surface area (Å²) in [6.07, 6.45) is 2.69. The Bertz CT molecular complexity index is 683. The molecular formula is C16H21ClN4OS. The van der Waals surface area contributed by atoms with E-state index in [0.29, 0.717) is 16.6 Å². The highest BCUT2D eigenvalue weighted by Crippen LogP contribution is 2.22. The lowest BCUT2D eigenvalue weighted by Crippen LogP contribution is -2.31. The highest BCUT2D eigenvalue weighted by Gasteiger charge is 2.28. The molecule has 1 aliphatic heterocycles. The van der Waals surface area contributed by atoms with Gasteiger partial charge in [-0.05, 0) is 32.4 Å². The van der Waals surface area contributed by atoms with Gasteiger partial charge in [-0.1, -0.05) is 11.6 Å². The standard InChI is InChI=1S/C16H21ClN4OS/c1-11-15(23-10-19-11)9-20(2)7-12-3-4-21(8-12)16(22)14-5-13(17)6-18-14/h5-6,10,12,18H,3-4,7-9H2,1-2H3/t12-/m1/s1. The van der Waals surface area contributed by atoms with Crippen LogP contribution in [0.25, 0.3) is 0 Å². The van der Waals surface area contributed by atoms with Crippen molar-refractivity contribution in [1.82, 2.24) is 19.8 Å². The van der Waals surface area contributed by atoms with E-state index in [1.54, 1.807) is 23.6 Å². The molecule has 0 radical (unpaired) electrons. The van der Waals surface area contributed by atoms with E-state index >= 15 is 0 Å². The van der Waals surface area contributed by atoms with Gasteiger partial charge in [-0.2, -0.15) is 0 Å². The first kappa shape index (κ1) is 16.5. The molecule has 1 N–H and O–H groups in total. The number of carbonyl (C=O) groups is 1. The summed E-state index contributed by atoms with van der Waals surface area (Å²) in [4.78, 5) is 25.2. The van der Waals surface area contributed by atoms with Gasteiger partial charge in [0.2, 0.25) is 0 Å². The lowest BCUT2D eigenvalue weighted by atomic mass is 10.1. The molecule has 1 saturated heterocycles. The van der Waals surface area contributed by atoms with Crippen molar-refractivity contribution in [2.45, 2.75) is 19.9 Å². The van der Waals surface area contributed by atoms with Crippen LogP contribution in [-0.4, -0.2) is 52.4 Å². The summed E-state index contributed by atoms with van der Waals surface area (Å²) >= 11 is 7.58. The number of aromatic nitrogens is 2. The Hall–Kier alpha value is -1.37. The fraction of sp³-hybridized carbons (Fsp3) is 0.500. The van der Waals surface area contributed by atoms with Gasteiger partial charge in [-0.25, -0.2) is 4.98 Å². The first-order chi connectivity index (χ1) is 11.0. The Morgan fingerprint density at radius 2 is 2.43 bits per heavy atom. The minimum absolute atomic E-state index is 0.0420. The molecule has 23 heavy (non-hydrogen) atoms. The second kappa shape index (κ2) is 7.03. The van der Waals surface area contributed by atoms with Gasteiger partial charge in [0, 0.05) is 37.3 Å². The van der Waals surface area contributed by atoms with E-state index < -0.39 is 0 Å². The van der Waals surface area contributed by atoms with E-state index in [1.165, 1.54) is 4.88 Å². The van der Waals surface area contributed by atoms with Gasteiger partial charge in [-0.3, -0.25) is 4.79 Å². The summed E-state index contributed by atoms with van der Waals surface area (Å²) in [6.45, 7) is 5.59. The number of aromatic amines is 1. The maximum Gasteiger partial charge on any atom is 0.270 e. The van der Waals surface area contributed by atoms with Crippen molar-refractivity contribution in [2.75, 3.05) is 26.7 Å². The van der Waals surface area contributed by atoms with Crippen LogP contribution in [0.1, 0.15) is 27.5 Å². The zero-order valence-electron chi connectivity index (χ0n) is 13.4. The van der Waals surface area contributed by atoms with Crippen LogP contribution in [0.2, 0.25) is 5.02 Å². The third kappa shape index (κ3) is 3.94. The van der Waals surface area contributed by atoms with Crippen molar-refractivity contribution in [1.29, 1.82) is 0 Å². The van der Waals surface area contributed by atoms with Crippen molar-refractivity contribution in [3.63, 3.8) is 0 Å². The lowest BCUT2D eigenvalue weighted by Gasteiger charge is -2.21. The van der Waals surface area contributed by atoms with Crippen LogP contribution in [0.5, 0.6) is 0 Å². The quantitative estimate of drug-likeness (QED) is 0.899. The topological polar surface area (TPSA) is 52.2 Å². The van der Waals surface area contributed by atoms with Gasteiger partial charge >= 0.3 is 0 Å². The molecule has 3 rings (SSSR count). The van der Waals surface area contributed by atoms with E-state index in [0.717, 1.165) is 38.3 Å². The molecule has 7 heteroatoms. The van der Waals surface area contributed by atoms with E-state index in [1.807, 2.05) is 10.4 Å². The number of carbonyl (C=O) groups excluding carboxylic acids is 1. The summed E-state index contributed by atoms with van der Waals surface area (Å²) in [5.74, 6) is 0.558. The second-order valence-electron chi connectivity index (χ2n) is 6.20. The number of amides is 1. The Kier molecular flexibility index (Phi) is 5.04. The van der Waals surface area contributed by atoms with Crippen LogP contribution in [0.4, 0.5) is 0 Å². The van der Waals surface area contributed by atoms with Crippen molar-refractivity contribution < 1.29 is 4.79 Å². The van der Waals surface area contributed by atoms with Crippen LogP contribution in [0.15, 0.2) is 17.8 Å². The Balaban J connectivity index is 1.51. The number of hydrogen-bond donors (Lipinski definition) is 1. The van der Waals surface area contributed by atoms with Gasteiger partial charge in [-0.15, -0.1) is 11.3 Å². The predicted octanol–water partition coefficient (Wildman–Crippen LogP) is 3.03. The van der Waals surface area contributed by atoms with E-state index in [2.05, 4.69) is 28.8 Å². The number of nitrogens with zero attached hydrogens (tertiary/aromatic N) is 3. The number of halogens is 1. The van der Waals surface area contributed by atoms with Crippen LogP contribution in [-0.2, 0) is 6.54 Å². The second-order valence-corrected chi connectivity index (χ2v) is 7.57. The zero-order valence-corrected chi connectivity index (χ0v) is 15.0. The van der Waals surface area contributed by atoms with Crippen molar-refractivity contribution in [2.24, 2.45) is 5.92 Å². The normalized spacial score (nSPS) is 18.1. The van der Waals surface area contributed by atoms with Gasteiger partial charge in [0.15, 0.2) is 0 Å². The van der Waals surface area contributed by atoms with Gasteiger partial charge in [0.05, 0.1) is 16.2 Å². The third-order valence-electron chi connectivity index (χ3n) is 4.28. The number of hydrogen-bond acceptors (Lipinski definition) is 4. The van der Waals surface area contributed by atoms with E-state index in [4.69, 9.17) is 11.6 Å². The molecule has 0 unspecified atom stereocenters. The molecule has 124 valence electrons. The average molecular weight is 353 g/mol. The number of aryl methyl sites for hydroxylation is 1. The molecule has 3 heterocycles. The molecule has 1 aliphatic rings. The molecule has 2 aromatic heterocycles. The van der Waals surface area contributed by atoms with Crippen molar-refractivity contribution in [3.05, 3.63) is 39.1 Å². The van der Waals surface area contributed by atoms with Gasteiger partial charge < -0.3 is 14.8 Å². The third-order valence-corrected chi connectivity index (χ3v) is 5.42. The van der Waals surface area contributed by atoms with Gasteiger partial charge in [0.25, 0.3) is 5.91 Å². The zero-order chi connectivity index (χ0) is 16.4. The van der Waals surface area contributed by atoms with Crippen LogP contribution in [0.3, 0.4) is 0 Å². The number of nitrogens with one attached hydrogen (secondary N) is 1.